The van der Waals surface area contributed by atoms with Crippen molar-refractivity contribution < 1.29 is 0 Å². The molecule has 0 spiro atoms. The second-order valence-corrected chi connectivity index (χ2v) is 5.94. The topological polar surface area (TPSA) is 37.8 Å². The molecule has 0 amide bonds. The third kappa shape index (κ3) is 2.51. The second kappa shape index (κ2) is 5.82. The molecule has 1 aromatic carbocycles. The molecular formula is C17H19N3S. The Balaban J connectivity index is 2.26. The first kappa shape index (κ1) is 14.0. The summed E-state index contributed by atoms with van der Waals surface area (Å²) in [5, 5.41) is 6.62. The van der Waals surface area contributed by atoms with Gasteiger partial charge in [0.15, 0.2) is 5.82 Å². The first-order valence-electron chi connectivity index (χ1n) is 7.32. The smallest absolute Gasteiger partial charge is 0.172 e. The summed E-state index contributed by atoms with van der Waals surface area (Å²) >= 11 is 1.71. The van der Waals surface area contributed by atoms with Crippen molar-refractivity contribution in [2.75, 3.05) is 11.9 Å². The molecule has 3 rings (SSSR count). The third-order valence-corrected chi connectivity index (χ3v) is 4.56. The van der Waals surface area contributed by atoms with Gasteiger partial charge in [-0.1, -0.05) is 19.1 Å². The van der Waals surface area contributed by atoms with Crippen molar-refractivity contribution in [3.05, 3.63) is 40.8 Å². The summed E-state index contributed by atoms with van der Waals surface area (Å²) in [4.78, 5) is 10.8. The van der Waals surface area contributed by atoms with Crippen LogP contribution in [0.2, 0.25) is 0 Å². The average Bonchev–Trinajstić information content (AvgIpc) is 2.96. The van der Waals surface area contributed by atoms with Gasteiger partial charge in [-0.2, -0.15) is 0 Å². The highest BCUT2D eigenvalue weighted by molar-refractivity contribution is 7.13. The molecule has 3 aromatic rings. The van der Waals surface area contributed by atoms with Crippen LogP contribution in [0, 0.1) is 6.92 Å². The fraction of sp³-hybridized carbons (Fsp3) is 0.294. The first-order valence-corrected chi connectivity index (χ1v) is 8.20. The van der Waals surface area contributed by atoms with Crippen LogP contribution in [-0.4, -0.2) is 16.5 Å². The molecule has 0 saturated heterocycles. The summed E-state index contributed by atoms with van der Waals surface area (Å²) < 4.78 is 0. The van der Waals surface area contributed by atoms with Crippen LogP contribution in [0.25, 0.3) is 21.6 Å². The number of hydrogen-bond donors (Lipinski definition) is 1. The fourth-order valence-electron chi connectivity index (χ4n) is 2.56. The summed E-state index contributed by atoms with van der Waals surface area (Å²) in [7, 11) is 0. The van der Waals surface area contributed by atoms with Crippen LogP contribution in [0.3, 0.4) is 0 Å². The highest BCUT2D eigenvalue weighted by atomic mass is 32.1. The number of hydrogen-bond acceptors (Lipinski definition) is 4. The number of fused-ring (bicyclic) bond motifs is 1. The summed E-state index contributed by atoms with van der Waals surface area (Å²) in [5.74, 6) is 1.77. The van der Waals surface area contributed by atoms with Crippen molar-refractivity contribution in [3.8, 4) is 10.7 Å². The largest absolute Gasteiger partial charge is 0.370 e. The zero-order valence-electron chi connectivity index (χ0n) is 12.6. The van der Waals surface area contributed by atoms with Gasteiger partial charge in [-0.05, 0) is 48.9 Å². The van der Waals surface area contributed by atoms with Crippen LogP contribution >= 0.6 is 11.3 Å². The van der Waals surface area contributed by atoms with Crippen molar-refractivity contribution in [3.63, 3.8) is 0 Å². The molecule has 3 nitrogen and oxygen atoms in total. The number of benzene rings is 1. The average molecular weight is 297 g/mol. The number of nitrogens with one attached hydrogen (secondary N) is 1. The molecule has 0 unspecified atom stereocenters. The molecule has 2 heterocycles. The van der Waals surface area contributed by atoms with Gasteiger partial charge in [0.1, 0.15) is 5.82 Å². The van der Waals surface area contributed by atoms with E-state index in [1.54, 1.807) is 11.3 Å². The van der Waals surface area contributed by atoms with Crippen LogP contribution < -0.4 is 5.32 Å². The van der Waals surface area contributed by atoms with E-state index in [0.29, 0.717) is 0 Å². The van der Waals surface area contributed by atoms with Gasteiger partial charge < -0.3 is 5.32 Å². The van der Waals surface area contributed by atoms with E-state index in [4.69, 9.17) is 9.97 Å². The molecule has 4 heteroatoms. The molecule has 0 fully saturated rings. The maximum Gasteiger partial charge on any atom is 0.172 e. The van der Waals surface area contributed by atoms with Crippen molar-refractivity contribution in [1.82, 2.24) is 9.97 Å². The first-order chi connectivity index (χ1) is 10.2. The van der Waals surface area contributed by atoms with Crippen LogP contribution in [0.15, 0.2) is 29.6 Å². The minimum Gasteiger partial charge on any atom is -0.370 e. The van der Waals surface area contributed by atoms with E-state index in [9.17, 15) is 0 Å². The molecule has 108 valence electrons. The molecule has 1 N–H and O–H groups in total. The number of anilines is 1. The van der Waals surface area contributed by atoms with Crippen LogP contribution in [0.5, 0.6) is 0 Å². The minimum atomic E-state index is 0.830. The number of rotatable bonds is 4. The lowest BCUT2D eigenvalue weighted by Crippen LogP contribution is -2.04. The quantitative estimate of drug-likeness (QED) is 0.761. The zero-order chi connectivity index (χ0) is 14.8. The summed E-state index contributed by atoms with van der Waals surface area (Å²) in [6.45, 7) is 7.22. The Kier molecular flexibility index (Phi) is 3.88. The predicted octanol–water partition coefficient (Wildman–Crippen LogP) is 4.66. The molecule has 0 aliphatic carbocycles. The molecular weight excluding hydrogens is 278 g/mol. The van der Waals surface area contributed by atoms with E-state index >= 15 is 0 Å². The van der Waals surface area contributed by atoms with E-state index < -0.39 is 0 Å². The Morgan fingerprint density at radius 2 is 2.00 bits per heavy atom. The van der Waals surface area contributed by atoms with Gasteiger partial charge in [0, 0.05) is 11.9 Å². The molecule has 0 atom stereocenters. The van der Waals surface area contributed by atoms with Gasteiger partial charge in [-0.3, -0.25) is 0 Å². The van der Waals surface area contributed by atoms with Crippen molar-refractivity contribution in [2.45, 2.75) is 27.2 Å². The Bertz CT molecular complexity index is 777. The number of aromatic nitrogens is 2. The Hall–Kier alpha value is -1.94. The summed E-state index contributed by atoms with van der Waals surface area (Å²) in [6, 6.07) is 8.39. The highest BCUT2D eigenvalue weighted by Gasteiger charge is 2.13. The van der Waals surface area contributed by atoms with Crippen molar-refractivity contribution in [1.29, 1.82) is 0 Å². The van der Waals surface area contributed by atoms with E-state index in [0.717, 1.165) is 35.5 Å². The maximum absolute atomic E-state index is 4.79. The zero-order valence-corrected chi connectivity index (χ0v) is 13.4. The molecule has 0 aliphatic heterocycles. The lowest BCUT2D eigenvalue weighted by atomic mass is 10.1. The normalized spacial score (nSPS) is 11.0. The van der Waals surface area contributed by atoms with Crippen molar-refractivity contribution in [2.24, 2.45) is 0 Å². The Morgan fingerprint density at radius 1 is 1.14 bits per heavy atom. The van der Waals surface area contributed by atoms with Gasteiger partial charge in [0.05, 0.1) is 10.4 Å². The van der Waals surface area contributed by atoms with Gasteiger partial charge in [0.2, 0.25) is 0 Å². The lowest BCUT2D eigenvalue weighted by molar-refractivity contribution is 1.12. The SMILES string of the molecule is CCNc1nc(-c2sccc2CC)nc2cccc(C)c12. The van der Waals surface area contributed by atoms with Gasteiger partial charge >= 0.3 is 0 Å². The molecule has 0 aliphatic rings. The standard InChI is InChI=1S/C17H19N3S/c1-4-12-9-10-21-15(12)17-19-13-8-6-7-11(3)14(13)16(20-17)18-5-2/h6-10H,4-5H2,1-3H3,(H,18,19,20). The third-order valence-electron chi connectivity index (χ3n) is 3.61. The predicted molar refractivity (Wildman–Crippen MR) is 91.1 cm³/mol. The number of thiophene rings is 1. The summed E-state index contributed by atoms with van der Waals surface area (Å²) in [5.41, 5.74) is 3.53. The monoisotopic (exact) mass is 297 g/mol. The Labute approximate surface area is 129 Å². The highest BCUT2D eigenvalue weighted by Crippen LogP contribution is 2.32. The van der Waals surface area contributed by atoms with Gasteiger partial charge in [-0.15, -0.1) is 11.3 Å². The minimum absolute atomic E-state index is 0.830. The molecule has 0 radical (unpaired) electrons. The molecule has 0 bridgehead atoms. The van der Waals surface area contributed by atoms with E-state index in [1.807, 2.05) is 0 Å². The van der Waals surface area contributed by atoms with Gasteiger partial charge in [-0.25, -0.2) is 9.97 Å². The van der Waals surface area contributed by atoms with E-state index in [-0.39, 0.29) is 0 Å². The van der Waals surface area contributed by atoms with E-state index in [2.05, 4.69) is 55.7 Å². The van der Waals surface area contributed by atoms with E-state index in [1.165, 1.54) is 16.0 Å². The van der Waals surface area contributed by atoms with Gasteiger partial charge in [0.25, 0.3) is 0 Å². The number of nitrogens with zero attached hydrogens (tertiary/aromatic N) is 2. The van der Waals surface area contributed by atoms with Crippen LogP contribution in [0.1, 0.15) is 25.0 Å². The summed E-state index contributed by atoms with van der Waals surface area (Å²) in [6.07, 6.45) is 1.00. The number of aryl methyl sites for hydroxylation is 2. The lowest BCUT2D eigenvalue weighted by Gasteiger charge is -2.11. The Morgan fingerprint density at radius 3 is 2.76 bits per heavy atom. The van der Waals surface area contributed by atoms with Crippen molar-refractivity contribution >= 4 is 28.1 Å². The van der Waals surface area contributed by atoms with Crippen LogP contribution in [0.4, 0.5) is 5.82 Å². The fourth-order valence-corrected chi connectivity index (χ4v) is 3.49. The molecule has 21 heavy (non-hydrogen) atoms. The second-order valence-electron chi connectivity index (χ2n) is 5.02. The van der Waals surface area contributed by atoms with Crippen LogP contribution in [-0.2, 0) is 6.42 Å². The maximum atomic E-state index is 4.79. The molecule has 0 saturated carbocycles. The molecule has 2 aromatic heterocycles.